The number of hydrogen-bond donors (Lipinski definition) is 1. The molecule has 7 heteroatoms. The predicted molar refractivity (Wildman–Crippen MR) is 99.6 cm³/mol. The molecule has 0 atom stereocenters. The number of furan rings is 1. The van der Waals surface area contributed by atoms with Gasteiger partial charge >= 0.3 is 0 Å². The van der Waals surface area contributed by atoms with E-state index in [-0.39, 0.29) is 30.7 Å². The maximum atomic E-state index is 12.6. The average Bonchev–Trinajstić information content (AvgIpc) is 2.94. The number of nitrogens with zero attached hydrogens (tertiary/aromatic N) is 2. The molecule has 23 heavy (non-hydrogen) atoms. The van der Waals surface area contributed by atoms with E-state index in [4.69, 9.17) is 10.2 Å². The first-order valence-electron chi connectivity index (χ1n) is 7.80. The summed E-state index contributed by atoms with van der Waals surface area (Å²) in [5, 5.41) is 0. The van der Waals surface area contributed by atoms with Crippen molar-refractivity contribution < 1.29 is 9.21 Å². The van der Waals surface area contributed by atoms with E-state index < -0.39 is 0 Å². The Kier molecular flexibility index (Phi) is 13.5. The molecule has 1 aromatic heterocycles. The number of hydrogen-bond acceptors (Lipinski definition) is 4. The van der Waals surface area contributed by atoms with Crippen molar-refractivity contribution in [2.45, 2.75) is 34.2 Å². The number of carbonyl (C=O) groups is 1. The highest BCUT2D eigenvalue weighted by Crippen LogP contribution is 2.12. The summed E-state index contributed by atoms with van der Waals surface area (Å²) in [5.41, 5.74) is 6.12. The van der Waals surface area contributed by atoms with Gasteiger partial charge in [0.05, 0.1) is 12.1 Å². The van der Waals surface area contributed by atoms with Crippen molar-refractivity contribution in [3.63, 3.8) is 0 Å². The van der Waals surface area contributed by atoms with Crippen LogP contribution in [0.4, 0.5) is 0 Å². The van der Waals surface area contributed by atoms with Gasteiger partial charge in [-0.25, -0.2) is 0 Å². The molecule has 5 nitrogen and oxygen atoms in total. The molecule has 0 saturated heterocycles. The SMILES string of the molecule is CCN(CC)CCN(CC(C)C)C(=O)c1coc(CN)c1.Cl.Cl. The first kappa shape index (κ1) is 24.5. The Labute approximate surface area is 152 Å². The van der Waals surface area contributed by atoms with Crippen molar-refractivity contribution in [1.82, 2.24) is 9.80 Å². The minimum absolute atomic E-state index is 0. The number of amides is 1. The fourth-order valence-corrected chi connectivity index (χ4v) is 2.30. The van der Waals surface area contributed by atoms with Crippen molar-refractivity contribution in [1.29, 1.82) is 0 Å². The largest absolute Gasteiger partial charge is 0.467 e. The van der Waals surface area contributed by atoms with Gasteiger partial charge in [0.25, 0.3) is 5.91 Å². The second-order valence-corrected chi connectivity index (χ2v) is 5.68. The minimum Gasteiger partial charge on any atom is -0.467 e. The number of rotatable bonds is 9. The zero-order valence-corrected chi connectivity index (χ0v) is 16.2. The fourth-order valence-electron chi connectivity index (χ4n) is 2.30. The summed E-state index contributed by atoms with van der Waals surface area (Å²) in [6, 6.07) is 1.74. The van der Waals surface area contributed by atoms with Crippen molar-refractivity contribution >= 4 is 30.7 Å². The van der Waals surface area contributed by atoms with E-state index in [1.807, 2.05) is 4.90 Å². The van der Waals surface area contributed by atoms with Crippen molar-refractivity contribution in [3.05, 3.63) is 23.7 Å². The molecule has 1 aromatic rings. The van der Waals surface area contributed by atoms with Crippen LogP contribution in [0.1, 0.15) is 43.8 Å². The third-order valence-corrected chi connectivity index (χ3v) is 3.56. The molecule has 0 aliphatic carbocycles. The normalized spacial score (nSPS) is 10.4. The molecular weight excluding hydrogens is 337 g/mol. The zero-order valence-electron chi connectivity index (χ0n) is 14.6. The van der Waals surface area contributed by atoms with Gasteiger partial charge in [-0.1, -0.05) is 27.7 Å². The Morgan fingerprint density at radius 1 is 1.22 bits per heavy atom. The van der Waals surface area contributed by atoms with Gasteiger partial charge < -0.3 is 20.0 Å². The summed E-state index contributed by atoms with van der Waals surface area (Å²) >= 11 is 0. The monoisotopic (exact) mass is 367 g/mol. The van der Waals surface area contributed by atoms with Crippen LogP contribution in [-0.4, -0.2) is 48.4 Å². The summed E-state index contributed by atoms with van der Waals surface area (Å²) < 4.78 is 5.28. The van der Waals surface area contributed by atoms with Gasteiger partial charge in [-0.3, -0.25) is 4.79 Å². The minimum atomic E-state index is 0. The van der Waals surface area contributed by atoms with Crippen LogP contribution in [0.5, 0.6) is 0 Å². The molecule has 0 bridgehead atoms. The lowest BCUT2D eigenvalue weighted by atomic mass is 10.2. The smallest absolute Gasteiger partial charge is 0.257 e. The lowest BCUT2D eigenvalue weighted by molar-refractivity contribution is 0.0715. The van der Waals surface area contributed by atoms with Crippen molar-refractivity contribution in [3.8, 4) is 0 Å². The molecule has 0 saturated carbocycles. The van der Waals surface area contributed by atoms with E-state index in [2.05, 4.69) is 32.6 Å². The van der Waals surface area contributed by atoms with Crippen LogP contribution in [0.3, 0.4) is 0 Å². The second kappa shape index (κ2) is 12.6. The molecule has 1 rings (SSSR count). The summed E-state index contributed by atoms with van der Waals surface area (Å²) in [7, 11) is 0. The number of halogens is 2. The standard InChI is InChI=1S/C16H29N3O2.2ClH/c1-5-18(6-2)7-8-19(11-13(3)4)16(20)14-9-15(10-17)21-12-14;;/h9,12-13H,5-8,10-11,17H2,1-4H3;2*1H. The van der Waals surface area contributed by atoms with Crippen LogP contribution in [0.15, 0.2) is 16.7 Å². The van der Waals surface area contributed by atoms with Crippen LogP contribution in [-0.2, 0) is 6.54 Å². The highest BCUT2D eigenvalue weighted by molar-refractivity contribution is 5.94. The van der Waals surface area contributed by atoms with Gasteiger partial charge in [0, 0.05) is 19.6 Å². The van der Waals surface area contributed by atoms with Gasteiger partial charge in [0.2, 0.25) is 0 Å². The van der Waals surface area contributed by atoms with E-state index in [9.17, 15) is 4.79 Å². The molecular formula is C16H31Cl2N3O2. The molecule has 136 valence electrons. The van der Waals surface area contributed by atoms with Gasteiger partial charge in [-0.05, 0) is 25.1 Å². The Morgan fingerprint density at radius 2 is 1.83 bits per heavy atom. The first-order valence-corrected chi connectivity index (χ1v) is 7.80. The average molecular weight is 368 g/mol. The maximum absolute atomic E-state index is 12.6. The highest BCUT2D eigenvalue weighted by Gasteiger charge is 2.19. The number of nitrogens with two attached hydrogens (primary N) is 1. The Hall–Kier alpha value is -0.750. The summed E-state index contributed by atoms with van der Waals surface area (Å²) in [6.45, 7) is 13.2. The van der Waals surface area contributed by atoms with E-state index in [0.29, 0.717) is 23.8 Å². The molecule has 0 aliphatic heterocycles. The molecule has 1 amide bonds. The predicted octanol–water partition coefficient (Wildman–Crippen LogP) is 3.02. The van der Waals surface area contributed by atoms with Crippen molar-refractivity contribution in [2.75, 3.05) is 32.7 Å². The Morgan fingerprint density at radius 3 is 2.26 bits per heavy atom. The van der Waals surface area contributed by atoms with Crippen molar-refractivity contribution in [2.24, 2.45) is 11.7 Å². The quantitative estimate of drug-likeness (QED) is 0.728. The van der Waals surface area contributed by atoms with Gasteiger partial charge in [0.1, 0.15) is 12.0 Å². The Balaban J connectivity index is 0. The van der Waals surface area contributed by atoms with E-state index in [0.717, 1.165) is 32.7 Å². The first-order chi connectivity index (χ1) is 10.0. The molecule has 2 N–H and O–H groups in total. The Bertz CT molecular complexity index is 435. The van der Waals surface area contributed by atoms with Gasteiger partial charge in [-0.2, -0.15) is 0 Å². The topological polar surface area (TPSA) is 62.7 Å². The third kappa shape index (κ3) is 8.06. The summed E-state index contributed by atoms with van der Waals surface area (Å²) in [6.07, 6.45) is 1.51. The molecule has 1 heterocycles. The van der Waals surface area contributed by atoms with E-state index >= 15 is 0 Å². The molecule has 0 fully saturated rings. The van der Waals surface area contributed by atoms with Gasteiger partial charge in [-0.15, -0.1) is 24.8 Å². The fraction of sp³-hybridized carbons (Fsp3) is 0.688. The highest BCUT2D eigenvalue weighted by atomic mass is 35.5. The lowest BCUT2D eigenvalue weighted by Gasteiger charge is -2.27. The molecule has 0 radical (unpaired) electrons. The number of likely N-dealkylation sites (N-methyl/N-ethyl adjacent to an activating group) is 1. The molecule has 0 aromatic carbocycles. The van der Waals surface area contributed by atoms with E-state index in [1.54, 1.807) is 6.07 Å². The lowest BCUT2D eigenvalue weighted by Crippen LogP contribution is -2.40. The summed E-state index contributed by atoms with van der Waals surface area (Å²) in [5.74, 6) is 1.11. The second-order valence-electron chi connectivity index (χ2n) is 5.68. The zero-order chi connectivity index (χ0) is 15.8. The van der Waals surface area contributed by atoms with Crippen LogP contribution >= 0.6 is 24.8 Å². The van der Waals surface area contributed by atoms with E-state index in [1.165, 1.54) is 6.26 Å². The van der Waals surface area contributed by atoms with Crippen LogP contribution in [0.25, 0.3) is 0 Å². The maximum Gasteiger partial charge on any atom is 0.257 e. The van der Waals surface area contributed by atoms with Crippen LogP contribution in [0, 0.1) is 5.92 Å². The summed E-state index contributed by atoms with van der Waals surface area (Å²) in [4.78, 5) is 16.8. The molecule has 0 spiro atoms. The van der Waals surface area contributed by atoms with Crippen LogP contribution < -0.4 is 5.73 Å². The van der Waals surface area contributed by atoms with Gasteiger partial charge in [0.15, 0.2) is 0 Å². The third-order valence-electron chi connectivity index (χ3n) is 3.56. The molecule has 0 unspecified atom stereocenters. The molecule has 0 aliphatic rings. The number of carbonyl (C=O) groups excluding carboxylic acids is 1. The van der Waals surface area contributed by atoms with Crippen LogP contribution in [0.2, 0.25) is 0 Å².